The van der Waals surface area contributed by atoms with Crippen LogP contribution in [0.2, 0.25) is 5.02 Å². The van der Waals surface area contributed by atoms with Crippen molar-refractivity contribution in [3.8, 4) is 5.75 Å². The molecule has 104 valence electrons. The lowest BCUT2D eigenvalue weighted by Crippen LogP contribution is -2.19. The molecule has 0 amide bonds. The summed E-state index contributed by atoms with van der Waals surface area (Å²) >= 11 is 6.28. The van der Waals surface area contributed by atoms with Crippen LogP contribution in [0.25, 0.3) is 0 Å². The highest BCUT2D eigenvalue weighted by molar-refractivity contribution is 6.32. The fourth-order valence-electron chi connectivity index (χ4n) is 3.82. The topological polar surface area (TPSA) is 21.3 Å². The Morgan fingerprint density at radius 2 is 2.21 bits per heavy atom. The Morgan fingerprint density at radius 3 is 2.89 bits per heavy atom. The Kier molecular flexibility index (Phi) is 3.99. The summed E-state index contributed by atoms with van der Waals surface area (Å²) in [5, 5.41) is 3.90. The molecule has 2 saturated carbocycles. The van der Waals surface area contributed by atoms with Gasteiger partial charge in [0.1, 0.15) is 5.75 Å². The summed E-state index contributed by atoms with van der Waals surface area (Å²) in [4.78, 5) is 0. The number of para-hydroxylation sites is 1. The van der Waals surface area contributed by atoms with Crippen molar-refractivity contribution in [2.45, 2.75) is 32.2 Å². The molecule has 2 aliphatic carbocycles. The summed E-state index contributed by atoms with van der Waals surface area (Å²) in [6.45, 7) is 1.63. The summed E-state index contributed by atoms with van der Waals surface area (Å²) in [6.07, 6.45) is 5.64. The van der Waals surface area contributed by atoms with Gasteiger partial charge in [0.05, 0.1) is 11.6 Å². The second-order valence-corrected chi connectivity index (χ2v) is 6.41. The minimum absolute atomic E-state index is 0.732. The largest absolute Gasteiger partial charge is 0.491 e. The molecule has 1 N–H and O–H groups in total. The van der Waals surface area contributed by atoms with E-state index in [2.05, 4.69) is 11.4 Å². The first-order valence-corrected chi connectivity index (χ1v) is 7.70. The van der Waals surface area contributed by atoms with E-state index < -0.39 is 0 Å². The van der Waals surface area contributed by atoms with Gasteiger partial charge in [0.2, 0.25) is 0 Å². The van der Waals surface area contributed by atoms with Gasteiger partial charge in [-0.25, -0.2) is 0 Å². The molecule has 0 radical (unpaired) electrons. The molecule has 0 aromatic heterocycles. The van der Waals surface area contributed by atoms with Crippen LogP contribution in [0.15, 0.2) is 18.2 Å². The first-order chi connectivity index (χ1) is 9.28. The molecule has 2 nitrogen and oxygen atoms in total. The van der Waals surface area contributed by atoms with Crippen LogP contribution in [-0.2, 0) is 6.54 Å². The quantitative estimate of drug-likeness (QED) is 0.883. The number of ether oxygens (including phenoxy) is 1. The maximum atomic E-state index is 6.28. The van der Waals surface area contributed by atoms with E-state index in [1.54, 1.807) is 0 Å². The highest BCUT2D eigenvalue weighted by Crippen LogP contribution is 2.48. The normalized spacial score (nSPS) is 28.8. The molecule has 0 saturated heterocycles. The van der Waals surface area contributed by atoms with Crippen LogP contribution in [0.4, 0.5) is 0 Å². The van der Waals surface area contributed by atoms with Gasteiger partial charge in [-0.3, -0.25) is 0 Å². The van der Waals surface area contributed by atoms with Gasteiger partial charge in [0, 0.05) is 12.1 Å². The zero-order valence-corrected chi connectivity index (χ0v) is 12.2. The van der Waals surface area contributed by atoms with Gasteiger partial charge >= 0.3 is 0 Å². The maximum absolute atomic E-state index is 6.28. The maximum Gasteiger partial charge on any atom is 0.142 e. The van der Waals surface area contributed by atoms with Crippen molar-refractivity contribution in [3.05, 3.63) is 28.8 Å². The fourth-order valence-corrected chi connectivity index (χ4v) is 4.06. The zero-order chi connectivity index (χ0) is 13.2. The molecular formula is C16H22ClNO. The van der Waals surface area contributed by atoms with E-state index in [4.69, 9.17) is 16.3 Å². The third kappa shape index (κ3) is 2.75. The molecule has 1 aromatic rings. The van der Waals surface area contributed by atoms with Crippen molar-refractivity contribution in [2.24, 2.45) is 17.8 Å². The van der Waals surface area contributed by atoms with Crippen molar-refractivity contribution in [2.75, 3.05) is 13.7 Å². The van der Waals surface area contributed by atoms with Crippen LogP contribution in [0.5, 0.6) is 5.75 Å². The lowest BCUT2D eigenvalue weighted by Gasteiger charge is -2.23. The van der Waals surface area contributed by atoms with E-state index in [0.717, 1.165) is 47.2 Å². The Morgan fingerprint density at radius 1 is 1.32 bits per heavy atom. The zero-order valence-electron chi connectivity index (χ0n) is 11.5. The predicted molar refractivity (Wildman–Crippen MR) is 78.6 cm³/mol. The minimum atomic E-state index is 0.732. The predicted octanol–water partition coefficient (Wildman–Crippen LogP) is 3.87. The molecule has 0 heterocycles. The van der Waals surface area contributed by atoms with Crippen molar-refractivity contribution < 1.29 is 4.74 Å². The summed E-state index contributed by atoms with van der Waals surface area (Å²) in [5.41, 5.74) is 1.15. The molecule has 3 atom stereocenters. The monoisotopic (exact) mass is 279 g/mol. The van der Waals surface area contributed by atoms with Crippen LogP contribution in [0.1, 0.15) is 31.2 Å². The molecule has 3 unspecified atom stereocenters. The summed E-state index contributed by atoms with van der Waals surface area (Å²) in [6, 6.07) is 5.98. The fraction of sp³-hybridized carbons (Fsp3) is 0.625. The van der Waals surface area contributed by atoms with Gasteiger partial charge < -0.3 is 10.1 Å². The molecule has 3 heteroatoms. The van der Waals surface area contributed by atoms with Crippen molar-refractivity contribution in [1.82, 2.24) is 5.32 Å². The van der Waals surface area contributed by atoms with E-state index >= 15 is 0 Å². The van der Waals surface area contributed by atoms with Crippen molar-refractivity contribution in [1.29, 1.82) is 0 Å². The standard InChI is InChI=1S/C16H22ClNO/c1-18-9-13-3-2-4-15(17)16(13)19-10-14-8-11-5-6-12(14)7-11/h2-4,11-12,14,18H,5-10H2,1H3. The second kappa shape index (κ2) is 5.72. The summed E-state index contributed by atoms with van der Waals surface area (Å²) < 4.78 is 6.09. The average Bonchev–Trinajstić information content (AvgIpc) is 3.00. The first-order valence-electron chi connectivity index (χ1n) is 7.32. The number of rotatable bonds is 5. The van der Waals surface area contributed by atoms with Gasteiger partial charge in [-0.05, 0) is 50.1 Å². The Bertz CT molecular complexity index is 448. The van der Waals surface area contributed by atoms with E-state index in [1.807, 2.05) is 19.2 Å². The molecule has 1 aromatic carbocycles. The van der Waals surface area contributed by atoms with E-state index in [-0.39, 0.29) is 0 Å². The van der Waals surface area contributed by atoms with Gasteiger partial charge in [-0.15, -0.1) is 0 Å². The SMILES string of the molecule is CNCc1cccc(Cl)c1OCC1CC2CCC1C2. The van der Waals surface area contributed by atoms with E-state index in [9.17, 15) is 0 Å². The third-order valence-corrected chi connectivity index (χ3v) is 5.04. The van der Waals surface area contributed by atoms with Gasteiger partial charge in [0.15, 0.2) is 0 Å². The molecule has 19 heavy (non-hydrogen) atoms. The third-order valence-electron chi connectivity index (χ3n) is 4.74. The number of fused-ring (bicyclic) bond motifs is 2. The smallest absolute Gasteiger partial charge is 0.142 e. The first kappa shape index (κ1) is 13.3. The molecule has 3 rings (SSSR count). The Labute approximate surface area is 120 Å². The number of hydrogen-bond acceptors (Lipinski definition) is 2. The van der Waals surface area contributed by atoms with Gasteiger partial charge in [-0.1, -0.05) is 30.2 Å². The molecule has 0 aliphatic heterocycles. The van der Waals surface area contributed by atoms with Crippen LogP contribution in [0, 0.1) is 17.8 Å². The van der Waals surface area contributed by atoms with Crippen LogP contribution in [0.3, 0.4) is 0 Å². The van der Waals surface area contributed by atoms with Gasteiger partial charge in [-0.2, -0.15) is 0 Å². The Hall–Kier alpha value is -0.730. The lowest BCUT2D eigenvalue weighted by molar-refractivity contribution is 0.194. The summed E-state index contributed by atoms with van der Waals surface area (Å²) in [5.74, 6) is 3.50. The number of benzene rings is 1. The van der Waals surface area contributed by atoms with E-state index in [1.165, 1.54) is 25.7 Å². The Balaban J connectivity index is 1.66. The lowest BCUT2D eigenvalue weighted by atomic mass is 9.89. The number of halogens is 1. The molecular weight excluding hydrogens is 258 g/mol. The number of hydrogen-bond donors (Lipinski definition) is 1. The van der Waals surface area contributed by atoms with Crippen molar-refractivity contribution >= 4 is 11.6 Å². The summed E-state index contributed by atoms with van der Waals surface area (Å²) in [7, 11) is 1.95. The van der Waals surface area contributed by atoms with E-state index in [0.29, 0.717) is 0 Å². The highest BCUT2D eigenvalue weighted by Gasteiger charge is 2.39. The molecule has 2 aliphatic rings. The molecule has 0 spiro atoms. The van der Waals surface area contributed by atoms with Gasteiger partial charge in [0.25, 0.3) is 0 Å². The van der Waals surface area contributed by atoms with Crippen molar-refractivity contribution in [3.63, 3.8) is 0 Å². The molecule has 2 fully saturated rings. The minimum Gasteiger partial charge on any atom is -0.491 e. The second-order valence-electron chi connectivity index (χ2n) is 6.00. The molecule has 2 bridgehead atoms. The number of nitrogens with one attached hydrogen (secondary N) is 1. The van der Waals surface area contributed by atoms with Crippen LogP contribution >= 0.6 is 11.6 Å². The van der Waals surface area contributed by atoms with Crippen LogP contribution < -0.4 is 10.1 Å². The van der Waals surface area contributed by atoms with Crippen LogP contribution in [-0.4, -0.2) is 13.7 Å². The highest BCUT2D eigenvalue weighted by atomic mass is 35.5. The average molecular weight is 280 g/mol.